The average Bonchev–Trinajstić information content (AvgIpc) is 1.53. The Morgan fingerprint density at radius 2 is 0.474 bits per heavy atom. The van der Waals surface area contributed by atoms with Crippen LogP contribution < -0.4 is 9.80 Å². The third-order valence-electron chi connectivity index (χ3n) is 24.3. The van der Waals surface area contributed by atoms with Crippen LogP contribution in [0.1, 0.15) is 47.2 Å². The van der Waals surface area contributed by atoms with Crippen molar-refractivity contribution in [1.82, 2.24) is 9.13 Å². The summed E-state index contributed by atoms with van der Waals surface area (Å²) in [5.41, 5.74) is 35.9. The molecule has 0 saturated carbocycles. The minimum atomic E-state index is -0.501. The van der Waals surface area contributed by atoms with Gasteiger partial charge in [-0.25, -0.2) is 0 Å². The van der Waals surface area contributed by atoms with E-state index >= 15 is 0 Å². The molecule has 0 radical (unpaired) electrons. The Kier molecular flexibility index (Phi) is 17.1. The van der Waals surface area contributed by atoms with Crippen molar-refractivity contribution in [3.05, 3.63) is 482 Å². The van der Waals surface area contributed by atoms with Crippen LogP contribution in [0.5, 0.6) is 0 Å². The molecule has 0 aliphatic heterocycles. The Morgan fingerprint density at radius 1 is 0.190 bits per heavy atom. The predicted molar refractivity (Wildman–Crippen MR) is 488 cm³/mol. The van der Waals surface area contributed by atoms with Crippen molar-refractivity contribution in [1.29, 1.82) is 0 Å². The highest BCUT2D eigenvalue weighted by Gasteiger charge is 2.46. The molecule has 0 atom stereocenters. The second-order valence-electron chi connectivity index (χ2n) is 31.1. The van der Waals surface area contributed by atoms with Gasteiger partial charge in [0.05, 0.1) is 27.5 Å². The van der Waals surface area contributed by atoms with Gasteiger partial charge in [-0.2, -0.15) is 0 Å². The normalized spacial score (nSPS) is 12.7. The fraction of sp³-hybridized carbons (Fsp3) is 0.0357. The van der Waals surface area contributed by atoms with Gasteiger partial charge < -0.3 is 18.9 Å². The van der Waals surface area contributed by atoms with Crippen molar-refractivity contribution in [2.45, 2.75) is 24.7 Å². The van der Waals surface area contributed by atoms with Crippen molar-refractivity contribution in [2.24, 2.45) is 0 Å². The third kappa shape index (κ3) is 11.7. The molecule has 22 rings (SSSR count). The summed E-state index contributed by atoms with van der Waals surface area (Å²) >= 11 is 0. The van der Waals surface area contributed by atoms with E-state index in [1.165, 1.54) is 149 Å². The zero-order chi connectivity index (χ0) is 77.3. The first kappa shape index (κ1) is 69.1. The molecule has 2 aromatic heterocycles. The molecule has 20 aromatic rings. The largest absolute Gasteiger partial charge is 0.310 e. The molecule has 4 nitrogen and oxygen atoms in total. The van der Waals surface area contributed by atoms with E-state index in [0.717, 1.165) is 39.8 Å². The fourth-order valence-electron chi connectivity index (χ4n) is 18.8. The maximum atomic E-state index is 2.45. The zero-order valence-electron chi connectivity index (χ0n) is 64.5. The predicted octanol–water partition coefficient (Wildman–Crippen LogP) is 29.8. The number of para-hydroxylation sites is 4. The first-order chi connectivity index (χ1) is 57.3. The number of benzene rings is 18. The van der Waals surface area contributed by atoms with Gasteiger partial charge in [0.25, 0.3) is 0 Å². The molecule has 2 aliphatic carbocycles. The minimum absolute atomic E-state index is 0.0864. The molecule has 0 amide bonds. The lowest BCUT2D eigenvalue weighted by atomic mass is 9.67. The van der Waals surface area contributed by atoms with E-state index in [2.05, 4.69) is 482 Å². The van der Waals surface area contributed by atoms with Crippen LogP contribution >= 0.6 is 0 Å². The number of aromatic nitrogens is 2. The lowest BCUT2D eigenvalue weighted by Crippen LogP contribution is -2.28. The molecule has 0 bridgehead atoms. The molecule has 0 fully saturated rings. The number of nitrogens with zero attached hydrogens (tertiary/aromatic N) is 4. The Hall–Kier alpha value is -14.8. The summed E-state index contributed by atoms with van der Waals surface area (Å²) in [6, 6.07) is 164. The molecule has 0 saturated heterocycles. The molecule has 2 aliphatic rings. The summed E-state index contributed by atoms with van der Waals surface area (Å²) in [5, 5.41) is 5.01. The van der Waals surface area contributed by atoms with Crippen LogP contribution in [-0.2, 0) is 10.8 Å². The summed E-state index contributed by atoms with van der Waals surface area (Å²) in [6.07, 6.45) is 0. The van der Waals surface area contributed by atoms with Gasteiger partial charge in [0.2, 0.25) is 0 Å². The lowest BCUT2D eigenvalue weighted by Gasteiger charge is -2.35. The SMILES string of the molecule is CC1(C)c2ccccc2-c2ccc(N(c3ccc(-c4ccccc4)cc3)c3ccc(-c4ccc5c(c4)c4ccccc4n5-c4ccccc4)cc3)cc21.c1ccc(-c2ccc(N(c3ccc(-c4ccc5c(c4)c4ccccc4n5-c4ccccc4)cc3)c3ccc4c(c3)C(c3ccccc3)(c3ccccc3)c3ccccc3-4)cc2)cc1. The van der Waals surface area contributed by atoms with Crippen LogP contribution in [0.15, 0.2) is 449 Å². The molecule has 18 aromatic carbocycles. The summed E-state index contributed by atoms with van der Waals surface area (Å²) in [7, 11) is 0. The molecular weight excluding hydrogens is 1400 g/mol. The van der Waals surface area contributed by atoms with Gasteiger partial charge in [-0.05, 0) is 234 Å². The van der Waals surface area contributed by atoms with Gasteiger partial charge in [0, 0.05) is 72.5 Å². The molecule has 0 spiro atoms. The van der Waals surface area contributed by atoms with Crippen molar-refractivity contribution in [3.8, 4) is 78.1 Å². The second-order valence-corrected chi connectivity index (χ2v) is 31.1. The molecule has 116 heavy (non-hydrogen) atoms. The monoisotopic (exact) mass is 1480 g/mol. The van der Waals surface area contributed by atoms with E-state index in [0.29, 0.717) is 0 Å². The highest BCUT2D eigenvalue weighted by atomic mass is 15.1. The Balaban J connectivity index is 0.000000147. The minimum Gasteiger partial charge on any atom is -0.310 e. The van der Waals surface area contributed by atoms with E-state index in [9.17, 15) is 0 Å². The summed E-state index contributed by atoms with van der Waals surface area (Å²) in [6.45, 7) is 4.70. The smallest absolute Gasteiger partial charge is 0.0714 e. The number of rotatable bonds is 14. The number of hydrogen-bond acceptors (Lipinski definition) is 2. The van der Waals surface area contributed by atoms with E-state index < -0.39 is 5.41 Å². The van der Waals surface area contributed by atoms with Gasteiger partial charge in [0.15, 0.2) is 0 Å². The van der Waals surface area contributed by atoms with Crippen LogP contribution in [0, 0.1) is 0 Å². The molecule has 2 heterocycles. The van der Waals surface area contributed by atoms with E-state index in [1.807, 2.05) is 0 Å². The maximum Gasteiger partial charge on any atom is 0.0714 e. The van der Waals surface area contributed by atoms with Gasteiger partial charge >= 0.3 is 0 Å². The third-order valence-corrected chi connectivity index (χ3v) is 24.3. The van der Waals surface area contributed by atoms with Gasteiger partial charge in [-0.15, -0.1) is 0 Å². The van der Waals surface area contributed by atoms with Crippen LogP contribution in [0.3, 0.4) is 0 Å². The molecule has 4 heteroatoms. The van der Waals surface area contributed by atoms with Crippen LogP contribution in [0.2, 0.25) is 0 Å². The average molecular weight is 1480 g/mol. The second kappa shape index (κ2) is 28.7. The fourth-order valence-corrected chi connectivity index (χ4v) is 18.8. The Bertz CT molecular complexity index is 6990. The van der Waals surface area contributed by atoms with Gasteiger partial charge in [-0.1, -0.05) is 329 Å². The molecule has 548 valence electrons. The highest BCUT2D eigenvalue weighted by molar-refractivity contribution is 6.12. The number of anilines is 6. The van der Waals surface area contributed by atoms with E-state index in [1.54, 1.807) is 0 Å². The topological polar surface area (TPSA) is 16.3 Å². The van der Waals surface area contributed by atoms with E-state index in [-0.39, 0.29) is 5.41 Å². The highest BCUT2D eigenvalue weighted by Crippen LogP contribution is 2.58. The van der Waals surface area contributed by atoms with E-state index in [4.69, 9.17) is 0 Å². The first-order valence-corrected chi connectivity index (χ1v) is 40.2. The lowest BCUT2D eigenvalue weighted by molar-refractivity contribution is 0.660. The van der Waals surface area contributed by atoms with Crippen LogP contribution in [0.25, 0.3) is 122 Å². The van der Waals surface area contributed by atoms with Gasteiger partial charge in [-0.3, -0.25) is 0 Å². The molecule has 0 unspecified atom stereocenters. The first-order valence-electron chi connectivity index (χ1n) is 40.2. The standard InChI is InChI=1S/C61H42N2.C51H38N2/c1-5-17-43(18-6-1)44-29-34-50(35-30-44)62(51-36-31-45(32-37-51)46-33-40-60-56(41-46)55-26-14-16-28-59(55)63(60)49-23-11-4-12-24-49)52-38-39-54-53-25-13-15-27-57(53)61(58(54)42-52,47-19-7-2-8-20-47)48-21-9-3-10-22-48;1-51(2)47-19-11-9-17-43(47)44-31-30-42(34-48(44)51)52(40-26-21-36(22-27-40)35-13-5-3-6-14-35)41-28-23-37(24-29-41)38-25-32-50-46(33-38)45-18-10-12-20-49(45)53(50)39-15-7-4-8-16-39/h1-42H;3-34H,1-2H3. The Morgan fingerprint density at radius 3 is 0.897 bits per heavy atom. The molecule has 0 N–H and O–H groups in total. The number of fused-ring (bicyclic) bond motifs is 12. The quantitative estimate of drug-likeness (QED) is 0.108. The zero-order valence-corrected chi connectivity index (χ0v) is 64.5. The van der Waals surface area contributed by atoms with Crippen molar-refractivity contribution in [2.75, 3.05) is 9.80 Å². The van der Waals surface area contributed by atoms with Crippen LogP contribution in [0.4, 0.5) is 34.1 Å². The summed E-state index contributed by atoms with van der Waals surface area (Å²) in [4.78, 5) is 4.81. The van der Waals surface area contributed by atoms with Crippen LogP contribution in [-0.4, -0.2) is 9.13 Å². The van der Waals surface area contributed by atoms with Gasteiger partial charge in [0.1, 0.15) is 0 Å². The van der Waals surface area contributed by atoms with Crippen molar-refractivity contribution in [3.63, 3.8) is 0 Å². The maximum absolute atomic E-state index is 2.45. The summed E-state index contributed by atoms with van der Waals surface area (Å²) in [5.74, 6) is 0. The Labute approximate surface area is 677 Å². The molecular formula is C112H80N4. The number of hydrogen-bond donors (Lipinski definition) is 0. The van der Waals surface area contributed by atoms with Crippen molar-refractivity contribution < 1.29 is 0 Å². The summed E-state index contributed by atoms with van der Waals surface area (Å²) < 4.78 is 4.74. The van der Waals surface area contributed by atoms with Crippen molar-refractivity contribution >= 4 is 77.7 Å².